The van der Waals surface area contributed by atoms with Crippen LogP contribution in [0.5, 0.6) is 0 Å². The Hall–Kier alpha value is -3.34. The lowest BCUT2D eigenvalue weighted by Crippen LogP contribution is -2.31. The molecule has 0 saturated carbocycles. The molecular formula is C11H10FN7O3. The van der Waals surface area contributed by atoms with Gasteiger partial charge in [0.05, 0.1) is 10.5 Å². The van der Waals surface area contributed by atoms with E-state index in [1.165, 1.54) is 18.2 Å². The molecule has 0 spiro atoms. The summed E-state index contributed by atoms with van der Waals surface area (Å²) in [4.78, 5) is 29.2. The summed E-state index contributed by atoms with van der Waals surface area (Å²) in [6.45, 7) is 0. The number of rotatable bonds is 5. The second-order valence-electron chi connectivity index (χ2n) is 3.88. The quantitative estimate of drug-likeness (QED) is 0.356. The predicted octanol–water partition coefficient (Wildman–Crippen LogP) is 0.566. The van der Waals surface area contributed by atoms with E-state index < -0.39 is 22.3 Å². The van der Waals surface area contributed by atoms with Crippen LogP contribution in [0.1, 0.15) is 10.4 Å². The number of carbonyl (C=O) groups is 1. The minimum Gasteiger partial charge on any atom is -0.303 e. The summed E-state index contributed by atoms with van der Waals surface area (Å²) < 4.78 is 13.4. The van der Waals surface area contributed by atoms with E-state index in [-0.39, 0.29) is 17.2 Å². The topological polar surface area (TPSA) is 148 Å². The SMILES string of the molecule is NNc1ncnc(NNC(=O)c2ccccc2F)c1[N+](=O)[O-]. The highest BCUT2D eigenvalue weighted by atomic mass is 19.1. The number of hydrogen-bond donors (Lipinski definition) is 4. The summed E-state index contributed by atoms with van der Waals surface area (Å²) in [5.74, 6) is 3.00. The first-order valence-electron chi connectivity index (χ1n) is 5.81. The summed E-state index contributed by atoms with van der Waals surface area (Å²) in [5.41, 5.74) is 5.59. The van der Waals surface area contributed by atoms with Gasteiger partial charge in [0.2, 0.25) is 11.6 Å². The van der Waals surface area contributed by atoms with E-state index in [9.17, 15) is 19.3 Å². The lowest BCUT2D eigenvalue weighted by molar-refractivity contribution is -0.383. The number of nitrogens with one attached hydrogen (secondary N) is 3. The molecule has 1 aromatic heterocycles. The van der Waals surface area contributed by atoms with Crippen LogP contribution >= 0.6 is 0 Å². The normalized spacial score (nSPS) is 9.91. The summed E-state index contributed by atoms with van der Waals surface area (Å²) in [5, 5.41) is 11.0. The molecule has 1 aromatic carbocycles. The summed E-state index contributed by atoms with van der Waals surface area (Å²) in [6.07, 6.45) is 1.000. The highest BCUT2D eigenvalue weighted by Crippen LogP contribution is 2.27. The predicted molar refractivity (Wildman–Crippen MR) is 74.0 cm³/mol. The molecule has 2 rings (SSSR count). The minimum atomic E-state index is -0.826. The first-order valence-corrected chi connectivity index (χ1v) is 5.81. The van der Waals surface area contributed by atoms with Crippen molar-refractivity contribution in [2.24, 2.45) is 5.84 Å². The van der Waals surface area contributed by atoms with Gasteiger partial charge in [0.25, 0.3) is 5.91 Å². The van der Waals surface area contributed by atoms with Crippen LogP contribution in [-0.2, 0) is 0 Å². The molecule has 0 aliphatic heterocycles. The van der Waals surface area contributed by atoms with Crippen LogP contribution in [0.3, 0.4) is 0 Å². The molecule has 0 unspecified atom stereocenters. The summed E-state index contributed by atoms with van der Waals surface area (Å²) >= 11 is 0. The van der Waals surface area contributed by atoms with Gasteiger partial charge >= 0.3 is 5.69 Å². The number of anilines is 2. The first kappa shape index (κ1) is 15.1. The average molecular weight is 307 g/mol. The smallest absolute Gasteiger partial charge is 0.303 e. The Morgan fingerprint density at radius 1 is 1.27 bits per heavy atom. The van der Waals surface area contributed by atoms with Crippen molar-refractivity contribution in [1.29, 1.82) is 0 Å². The average Bonchev–Trinajstić information content (AvgIpc) is 2.52. The first-order chi connectivity index (χ1) is 10.5. The molecule has 0 aliphatic rings. The standard InChI is InChI=1S/C11H10FN7O3/c12-7-4-2-1-3-6(7)11(20)18-17-10-8(19(21)22)9(16-13)14-5-15-10/h1-5H,13H2,(H,18,20)(H2,14,15,16,17). The van der Waals surface area contributed by atoms with Crippen molar-refractivity contribution in [3.63, 3.8) is 0 Å². The fourth-order valence-electron chi connectivity index (χ4n) is 1.58. The van der Waals surface area contributed by atoms with Crippen molar-refractivity contribution in [3.05, 3.63) is 52.1 Å². The van der Waals surface area contributed by atoms with Gasteiger partial charge in [-0.1, -0.05) is 12.1 Å². The van der Waals surface area contributed by atoms with E-state index in [1.54, 1.807) is 0 Å². The molecule has 22 heavy (non-hydrogen) atoms. The highest BCUT2D eigenvalue weighted by Gasteiger charge is 2.23. The number of carbonyl (C=O) groups excluding carboxylic acids is 1. The summed E-state index contributed by atoms with van der Waals surface area (Å²) in [7, 11) is 0. The number of nitrogens with zero attached hydrogens (tertiary/aromatic N) is 3. The fourth-order valence-corrected chi connectivity index (χ4v) is 1.58. The zero-order chi connectivity index (χ0) is 16.1. The van der Waals surface area contributed by atoms with Crippen molar-refractivity contribution in [1.82, 2.24) is 15.4 Å². The zero-order valence-electron chi connectivity index (χ0n) is 10.9. The monoisotopic (exact) mass is 307 g/mol. The van der Waals surface area contributed by atoms with Crippen LogP contribution in [0.25, 0.3) is 0 Å². The van der Waals surface area contributed by atoms with E-state index in [4.69, 9.17) is 5.84 Å². The van der Waals surface area contributed by atoms with Gasteiger partial charge in [0.1, 0.15) is 12.1 Å². The molecule has 0 radical (unpaired) electrons. The lowest BCUT2D eigenvalue weighted by atomic mass is 10.2. The number of aromatic nitrogens is 2. The van der Waals surface area contributed by atoms with Gasteiger partial charge < -0.3 is 5.43 Å². The molecule has 0 saturated heterocycles. The number of benzene rings is 1. The Morgan fingerprint density at radius 3 is 2.59 bits per heavy atom. The molecule has 1 amide bonds. The van der Waals surface area contributed by atoms with Crippen LogP contribution in [0.15, 0.2) is 30.6 Å². The van der Waals surface area contributed by atoms with Crippen LogP contribution in [0.2, 0.25) is 0 Å². The van der Waals surface area contributed by atoms with Crippen LogP contribution < -0.4 is 22.1 Å². The number of halogens is 1. The van der Waals surface area contributed by atoms with Gasteiger partial charge in [-0.25, -0.2) is 20.2 Å². The number of nitrogen functional groups attached to an aromatic ring is 1. The van der Waals surface area contributed by atoms with Gasteiger partial charge in [-0.2, -0.15) is 0 Å². The fraction of sp³-hybridized carbons (Fsp3) is 0. The van der Waals surface area contributed by atoms with Crippen LogP contribution in [0, 0.1) is 15.9 Å². The van der Waals surface area contributed by atoms with Crippen molar-refractivity contribution >= 4 is 23.2 Å². The maximum absolute atomic E-state index is 13.4. The second-order valence-corrected chi connectivity index (χ2v) is 3.88. The van der Waals surface area contributed by atoms with Gasteiger partial charge in [0.15, 0.2) is 0 Å². The Balaban J connectivity index is 2.20. The molecule has 5 N–H and O–H groups in total. The van der Waals surface area contributed by atoms with E-state index in [0.29, 0.717) is 0 Å². The van der Waals surface area contributed by atoms with E-state index in [1.807, 2.05) is 5.43 Å². The number of nitro groups is 1. The lowest BCUT2D eigenvalue weighted by Gasteiger charge is -2.09. The molecular weight excluding hydrogens is 297 g/mol. The van der Waals surface area contributed by atoms with E-state index in [0.717, 1.165) is 12.4 Å². The summed E-state index contributed by atoms with van der Waals surface area (Å²) in [6, 6.07) is 5.27. The second kappa shape index (κ2) is 6.41. The molecule has 0 fully saturated rings. The molecule has 0 aliphatic carbocycles. The van der Waals surface area contributed by atoms with Gasteiger partial charge in [0, 0.05) is 0 Å². The molecule has 1 heterocycles. The molecule has 11 heteroatoms. The maximum Gasteiger partial charge on any atom is 0.356 e. The molecule has 0 atom stereocenters. The van der Waals surface area contributed by atoms with Gasteiger partial charge in [-0.3, -0.25) is 25.8 Å². The third-order valence-electron chi connectivity index (χ3n) is 2.55. The zero-order valence-corrected chi connectivity index (χ0v) is 10.9. The molecule has 2 aromatic rings. The van der Waals surface area contributed by atoms with Crippen molar-refractivity contribution < 1.29 is 14.1 Å². The van der Waals surface area contributed by atoms with Crippen molar-refractivity contribution in [2.45, 2.75) is 0 Å². The molecule has 10 nitrogen and oxygen atoms in total. The maximum atomic E-state index is 13.4. The Bertz CT molecular complexity index is 725. The minimum absolute atomic E-state index is 0.233. The van der Waals surface area contributed by atoms with Crippen molar-refractivity contribution in [2.75, 3.05) is 10.9 Å². The number of hydrazine groups is 2. The number of nitrogens with two attached hydrogens (primary N) is 1. The largest absolute Gasteiger partial charge is 0.356 e. The number of amides is 1. The Kier molecular flexibility index (Phi) is 4.38. The van der Waals surface area contributed by atoms with E-state index >= 15 is 0 Å². The molecule has 114 valence electrons. The highest BCUT2D eigenvalue weighted by molar-refractivity contribution is 5.95. The van der Waals surface area contributed by atoms with Crippen LogP contribution in [-0.4, -0.2) is 20.8 Å². The number of hydrogen-bond acceptors (Lipinski definition) is 8. The third kappa shape index (κ3) is 3.04. The van der Waals surface area contributed by atoms with Gasteiger partial charge in [-0.15, -0.1) is 0 Å². The molecule has 0 bridgehead atoms. The van der Waals surface area contributed by atoms with Crippen molar-refractivity contribution in [3.8, 4) is 0 Å². The van der Waals surface area contributed by atoms with E-state index in [2.05, 4.69) is 20.8 Å². The Morgan fingerprint density at radius 2 is 1.95 bits per heavy atom. The Labute approximate surface area is 122 Å². The third-order valence-corrected chi connectivity index (χ3v) is 2.55. The van der Waals surface area contributed by atoms with Gasteiger partial charge in [-0.05, 0) is 12.1 Å². The van der Waals surface area contributed by atoms with Crippen LogP contribution in [0.4, 0.5) is 21.7 Å².